The highest BCUT2D eigenvalue weighted by atomic mass is 19.3. The lowest BCUT2D eigenvalue weighted by molar-refractivity contribution is -0.189. The van der Waals surface area contributed by atoms with Crippen LogP contribution >= 0.6 is 0 Å². The normalized spacial score (nSPS) is 18.7. The van der Waals surface area contributed by atoms with Crippen LogP contribution in [0.5, 0.6) is 5.75 Å². The molecule has 1 aliphatic rings. The molecule has 0 radical (unpaired) electrons. The molecular formula is C25H20F7NO. The number of nitrogens with two attached hydrogens (primary N) is 1. The summed E-state index contributed by atoms with van der Waals surface area (Å²) in [5.74, 6) is -9.51. The van der Waals surface area contributed by atoms with E-state index in [-0.39, 0.29) is 23.7 Å². The SMILES string of the molecule is NC1CCC(c2ccc(-c3cc(F)c(C(F)(F)Oc4cc(F)c(F)c(F)c4)c(F)c3)cc2)CC1. The second kappa shape index (κ2) is 9.29. The van der Waals surface area contributed by atoms with Crippen molar-refractivity contribution in [3.63, 3.8) is 0 Å². The molecule has 3 aromatic rings. The van der Waals surface area contributed by atoms with Gasteiger partial charge >= 0.3 is 6.11 Å². The Bertz CT molecular complexity index is 1140. The van der Waals surface area contributed by atoms with E-state index in [1.807, 2.05) is 12.1 Å². The van der Waals surface area contributed by atoms with E-state index in [9.17, 15) is 30.7 Å². The van der Waals surface area contributed by atoms with Gasteiger partial charge in [0, 0.05) is 18.2 Å². The summed E-state index contributed by atoms with van der Waals surface area (Å²) in [4.78, 5) is 0. The van der Waals surface area contributed by atoms with Crippen LogP contribution in [-0.4, -0.2) is 6.04 Å². The Kier molecular flexibility index (Phi) is 6.58. The standard InChI is InChI=1S/C25H20F7NO/c26-19-9-16(15-3-1-13(2-4-15)14-5-7-17(33)8-6-14)10-20(27)23(19)25(31,32)34-18-11-21(28)24(30)22(29)12-18/h1-4,9-12,14,17H,5-8,33H2. The van der Waals surface area contributed by atoms with Crippen molar-refractivity contribution in [3.8, 4) is 16.9 Å². The Balaban J connectivity index is 1.58. The number of halogens is 7. The predicted octanol–water partition coefficient (Wildman–Crippen LogP) is 7.16. The highest BCUT2D eigenvalue weighted by molar-refractivity contribution is 5.64. The summed E-state index contributed by atoms with van der Waals surface area (Å²) in [6, 6.07) is 8.89. The molecule has 1 aliphatic carbocycles. The Morgan fingerprint density at radius 3 is 1.76 bits per heavy atom. The van der Waals surface area contributed by atoms with E-state index in [2.05, 4.69) is 4.74 Å². The lowest BCUT2D eigenvalue weighted by Gasteiger charge is -2.26. The zero-order valence-electron chi connectivity index (χ0n) is 17.7. The van der Waals surface area contributed by atoms with Crippen LogP contribution in [0.4, 0.5) is 30.7 Å². The van der Waals surface area contributed by atoms with Crippen molar-refractivity contribution in [2.75, 3.05) is 0 Å². The van der Waals surface area contributed by atoms with Crippen LogP contribution in [0.15, 0.2) is 48.5 Å². The molecule has 1 fully saturated rings. The summed E-state index contributed by atoms with van der Waals surface area (Å²) in [5.41, 5.74) is 5.68. The number of rotatable bonds is 5. The van der Waals surface area contributed by atoms with Gasteiger partial charge in [-0.25, -0.2) is 22.0 Å². The molecule has 180 valence electrons. The highest BCUT2D eigenvalue weighted by Crippen LogP contribution is 2.38. The first-order valence-corrected chi connectivity index (χ1v) is 10.6. The van der Waals surface area contributed by atoms with E-state index in [0.29, 0.717) is 11.5 Å². The van der Waals surface area contributed by atoms with E-state index in [0.717, 1.165) is 43.4 Å². The lowest BCUT2D eigenvalue weighted by atomic mass is 9.82. The van der Waals surface area contributed by atoms with Crippen LogP contribution in [0.3, 0.4) is 0 Å². The topological polar surface area (TPSA) is 35.2 Å². The van der Waals surface area contributed by atoms with Gasteiger partial charge in [0.05, 0.1) is 0 Å². The van der Waals surface area contributed by atoms with Crippen molar-refractivity contribution in [2.45, 2.75) is 43.8 Å². The minimum absolute atomic E-state index is 0.0191. The van der Waals surface area contributed by atoms with E-state index >= 15 is 0 Å². The van der Waals surface area contributed by atoms with Crippen LogP contribution in [-0.2, 0) is 6.11 Å². The average Bonchev–Trinajstić information content (AvgIpc) is 2.77. The molecule has 0 bridgehead atoms. The van der Waals surface area contributed by atoms with E-state index in [4.69, 9.17) is 5.73 Å². The first-order chi connectivity index (χ1) is 16.0. The van der Waals surface area contributed by atoms with Crippen molar-refractivity contribution < 1.29 is 35.5 Å². The van der Waals surface area contributed by atoms with Crippen molar-refractivity contribution >= 4 is 0 Å². The van der Waals surface area contributed by atoms with Crippen molar-refractivity contribution in [1.82, 2.24) is 0 Å². The summed E-state index contributed by atoms with van der Waals surface area (Å²) in [7, 11) is 0. The van der Waals surface area contributed by atoms with Gasteiger partial charge < -0.3 is 10.5 Å². The molecule has 0 amide bonds. The molecule has 4 rings (SSSR count). The first-order valence-electron chi connectivity index (χ1n) is 10.6. The minimum Gasteiger partial charge on any atom is -0.429 e. The van der Waals surface area contributed by atoms with Crippen LogP contribution < -0.4 is 10.5 Å². The Morgan fingerprint density at radius 2 is 1.24 bits per heavy atom. The number of hydrogen-bond donors (Lipinski definition) is 1. The molecule has 0 heterocycles. The fourth-order valence-electron chi connectivity index (χ4n) is 4.21. The van der Waals surface area contributed by atoms with Crippen LogP contribution in [0, 0.1) is 29.1 Å². The molecule has 1 saturated carbocycles. The maximum atomic E-state index is 14.6. The van der Waals surface area contributed by atoms with Crippen molar-refractivity contribution in [2.24, 2.45) is 5.73 Å². The van der Waals surface area contributed by atoms with Crippen molar-refractivity contribution in [3.05, 3.63) is 88.7 Å². The Hall–Kier alpha value is -3.07. The zero-order valence-corrected chi connectivity index (χ0v) is 17.7. The maximum absolute atomic E-state index is 14.6. The summed E-state index contributed by atoms with van der Waals surface area (Å²) in [6.07, 6.45) is -0.921. The smallest absolute Gasteiger partial charge is 0.429 e. The second-order valence-corrected chi connectivity index (χ2v) is 8.37. The summed E-state index contributed by atoms with van der Waals surface area (Å²) in [6.45, 7) is 0. The van der Waals surface area contributed by atoms with E-state index in [1.165, 1.54) is 0 Å². The van der Waals surface area contributed by atoms with Crippen LogP contribution in [0.25, 0.3) is 11.1 Å². The molecule has 9 heteroatoms. The maximum Gasteiger partial charge on any atom is 0.432 e. The first kappa shape index (κ1) is 24.1. The molecule has 34 heavy (non-hydrogen) atoms. The third-order valence-corrected chi connectivity index (χ3v) is 6.02. The van der Waals surface area contributed by atoms with Gasteiger partial charge in [-0.15, -0.1) is 0 Å². The van der Waals surface area contributed by atoms with Gasteiger partial charge in [0.1, 0.15) is 22.9 Å². The molecule has 0 aromatic heterocycles. The molecule has 3 aromatic carbocycles. The molecule has 0 aliphatic heterocycles. The molecule has 0 unspecified atom stereocenters. The summed E-state index contributed by atoms with van der Waals surface area (Å²) in [5, 5.41) is 0. The molecular weight excluding hydrogens is 463 g/mol. The fourth-order valence-corrected chi connectivity index (χ4v) is 4.21. The summed E-state index contributed by atoms with van der Waals surface area (Å²) >= 11 is 0. The third kappa shape index (κ3) is 4.89. The number of hydrogen-bond acceptors (Lipinski definition) is 2. The predicted molar refractivity (Wildman–Crippen MR) is 112 cm³/mol. The molecule has 0 atom stereocenters. The van der Waals surface area contributed by atoms with Gasteiger partial charge in [-0.1, -0.05) is 24.3 Å². The number of ether oxygens (including phenoxy) is 1. The van der Waals surface area contributed by atoms with Gasteiger partial charge in [-0.2, -0.15) is 8.78 Å². The average molecular weight is 483 g/mol. The molecule has 0 spiro atoms. The van der Waals surface area contributed by atoms with Gasteiger partial charge in [-0.05, 0) is 60.4 Å². The highest BCUT2D eigenvalue weighted by Gasteiger charge is 2.41. The third-order valence-electron chi connectivity index (χ3n) is 6.02. The molecule has 0 saturated heterocycles. The van der Waals surface area contributed by atoms with Gasteiger partial charge in [-0.3, -0.25) is 0 Å². The number of alkyl halides is 2. The zero-order chi connectivity index (χ0) is 24.6. The lowest BCUT2D eigenvalue weighted by Crippen LogP contribution is -2.25. The van der Waals surface area contributed by atoms with Gasteiger partial charge in [0.25, 0.3) is 0 Å². The largest absolute Gasteiger partial charge is 0.432 e. The monoisotopic (exact) mass is 483 g/mol. The second-order valence-electron chi connectivity index (χ2n) is 8.37. The Morgan fingerprint density at radius 1 is 0.706 bits per heavy atom. The molecule has 2 N–H and O–H groups in total. The van der Waals surface area contributed by atoms with Crippen LogP contribution in [0.2, 0.25) is 0 Å². The van der Waals surface area contributed by atoms with E-state index in [1.54, 1.807) is 12.1 Å². The van der Waals surface area contributed by atoms with E-state index < -0.39 is 46.5 Å². The molecule has 2 nitrogen and oxygen atoms in total. The van der Waals surface area contributed by atoms with Crippen molar-refractivity contribution in [1.29, 1.82) is 0 Å². The Labute approximate surface area is 191 Å². The van der Waals surface area contributed by atoms with Gasteiger partial charge in [0.15, 0.2) is 17.5 Å². The number of benzene rings is 3. The van der Waals surface area contributed by atoms with Gasteiger partial charge in [0.2, 0.25) is 0 Å². The quantitative estimate of drug-likeness (QED) is 0.309. The summed E-state index contributed by atoms with van der Waals surface area (Å²) < 4.78 is 102. The minimum atomic E-state index is -4.63. The van der Waals surface area contributed by atoms with Crippen LogP contribution in [0.1, 0.15) is 42.7 Å². The fraction of sp³-hybridized carbons (Fsp3) is 0.280.